The number of carbonyl (C=O) groups is 2. The lowest BCUT2D eigenvalue weighted by molar-refractivity contribution is -0.145. The lowest BCUT2D eigenvalue weighted by Gasteiger charge is -2.16. The largest absolute Gasteiger partial charge is 0.469 e. The number of carbonyl (C=O) groups excluding carboxylic acids is 2. The van der Waals surface area contributed by atoms with Gasteiger partial charge in [0.1, 0.15) is 0 Å². The van der Waals surface area contributed by atoms with E-state index in [4.69, 9.17) is 4.74 Å². The molecule has 4 nitrogen and oxygen atoms in total. The summed E-state index contributed by atoms with van der Waals surface area (Å²) in [6.07, 6.45) is 1.28. The van der Waals surface area contributed by atoms with Gasteiger partial charge in [0, 0.05) is 19.0 Å². The lowest BCUT2D eigenvalue weighted by Crippen LogP contribution is -2.28. The molecule has 19 heavy (non-hydrogen) atoms. The first-order chi connectivity index (χ1) is 9.17. The highest BCUT2D eigenvalue weighted by Crippen LogP contribution is 2.33. The van der Waals surface area contributed by atoms with Gasteiger partial charge in [-0.25, -0.2) is 0 Å². The Kier molecular flexibility index (Phi) is 4.00. The highest BCUT2D eigenvalue weighted by atomic mass is 16.5. The van der Waals surface area contributed by atoms with Crippen molar-refractivity contribution < 1.29 is 14.3 Å². The van der Waals surface area contributed by atoms with Gasteiger partial charge >= 0.3 is 5.97 Å². The Hall–Kier alpha value is -2.10. The van der Waals surface area contributed by atoms with Gasteiger partial charge in [-0.3, -0.25) is 9.59 Å². The summed E-state index contributed by atoms with van der Waals surface area (Å²) in [6, 6.07) is 9.74. The highest BCUT2D eigenvalue weighted by molar-refractivity contribution is 5.88. The molecule has 1 amide bonds. The second-order valence-electron chi connectivity index (χ2n) is 4.59. The van der Waals surface area contributed by atoms with E-state index in [1.165, 1.54) is 13.2 Å². The number of amides is 1. The Bertz CT molecular complexity index is 483. The molecule has 1 fully saturated rings. The van der Waals surface area contributed by atoms with Crippen molar-refractivity contribution in [2.45, 2.75) is 5.92 Å². The maximum atomic E-state index is 11.9. The van der Waals surface area contributed by atoms with Gasteiger partial charge < -0.3 is 9.64 Å². The Morgan fingerprint density at radius 1 is 1.32 bits per heavy atom. The average Bonchev–Trinajstić information content (AvgIpc) is 2.91. The number of likely N-dealkylation sites (tertiary alicyclic amines) is 1. The number of esters is 1. The molecule has 1 aromatic rings. The van der Waals surface area contributed by atoms with Crippen molar-refractivity contribution in [3.8, 4) is 0 Å². The van der Waals surface area contributed by atoms with Crippen molar-refractivity contribution in [1.29, 1.82) is 0 Å². The molecule has 1 aliphatic heterocycles. The quantitative estimate of drug-likeness (QED) is 0.611. The third-order valence-corrected chi connectivity index (χ3v) is 3.54. The summed E-state index contributed by atoms with van der Waals surface area (Å²) in [5, 5.41) is 0. The number of hydrogen-bond acceptors (Lipinski definition) is 3. The van der Waals surface area contributed by atoms with Crippen LogP contribution in [0.2, 0.25) is 0 Å². The molecule has 100 valence electrons. The van der Waals surface area contributed by atoms with E-state index < -0.39 is 0 Å². The van der Waals surface area contributed by atoms with Crippen LogP contribution in [-0.4, -0.2) is 37.0 Å². The predicted octanol–water partition coefficient (Wildman–Crippen LogP) is 1.59. The van der Waals surface area contributed by atoms with Gasteiger partial charge in [-0.15, -0.1) is 0 Å². The molecule has 0 N–H and O–H groups in total. The SMILES string of the molecule is C=CC(=O)N1C[C@@H](C(=O)OC)[C@H](c2ccccc2)C1. The third-order valence-electron chi connectivity index (χ3n) is 3.54. The summed E-state index contributed by atoms with van der Waals surface area (Å²) in [7, 11) is 1.38. The topological polar surface area (TPSA) is 46.6 Å². The zero-order chi connectivity index (χ0) is 13.8. The van der Waals surface area contributed by atoms with E-state index in [-0.39, 0.29) is 23.7 Å². The zero-order valence-corrected chi connectivity index (χ0v) is 10.9. The second kappa shape index (κ2) is 5.69. The summed E-state index contributed by atoms with van der Waals surface area (Å²) < 4.78 is 4.84. The van der Waals surface area contributed by atoms with Gasteiger partial charge in [0.2, 0.25) is 5.91 Å². The Balaban J connectivity index is 2.26. The minimum absolute atomic E-state index is 0.0162. The minimum Gasteiger partial charge on any atom is -0.469 e. The van der Waals surface area contributed by atoms with Crippen LogP contribution in [0.4, 0.5) is 0 Å². The van der Waals surface area contributed by atoms with Crippen LogP contribution in [0.1, 0.15) is 11.5 Å². The maximum absolute atomic E-state index is 11.9. The van der Waals surface area contributed by atoms with Crippen LogP contribution in [-0.2, 0) is 14.3 Å². The van der Waals surface area contributed by atoms with Crippen LogP contribution in [0.25, 0.3) is 0 Å². The van der Waals surface area contributed by atoms with Gasteiger partial charge in [0.05, 0.1) is 13.0 Å². The molecule has 0 aliphatic carbocycles. The first kappa shape index (κ1) is 13.3. The molecule has 0 spiro atoms. The van der Waals surface area contributed by atoms with Crippen molar-refractivity contribution in [3.63, 3.8) is 0 Å². The van der Waals surface area contributed by atoms with Crippen LogP contribution < -0.4 is 0 Å². The van der Waals surface area contributed by atoms with E-state index in [0.717, 1.165) is 5.56 Å². The first-order valence-corrected chi connectivity index (χ1v) is 6.21. The molecule has 1 heterocycles. The fourth-order valence-electron chi connectivity index (χ4n) is 2.54. The van der Waals surface area contributed by atoms with Crippen LogP contribution in [0.5, 0.6) is 0 Å². The third kappa shape index (κ3) is 2.67. The van der Waals surface area contributed by atoms with E-state index in [1.54, 1.807) is 4.90 Å². The molecule has 0 bridgehead atoms. The van der Waals surface area contributed by atoms with Gasteiger partial charge in [0.25, 0.3) is 0 Å². The molecule has 0 saturated carbocycles. The van der Waals surface area contributed by atoms with Crippen LogP contribution in [0, 0.1) is 5.92 Å². The van der Waals surface area contributed by atoms with Crippen molar-refractivity contribution >= 4 is 11.9 Å². The molecule has 0 aromatic heterocycles. The molecule has 2 rings (SSSR count). The number of hydrogen-bond donors (Lipinski definition) is 0. The van der Waals surface area contributed by atoms with Gasteiger partial charge in [0.15, 0.2) is 0 Å². The number of rotatable bonds is 3. The average molecular weight is 259 g/mol. The second-order valence-corrected chi connectivity index (χ2v) is 4.59. The normalized spacial score (nSPS) is 22.1. The van der Waals surface area contributed by atoms with Crippen LogP contribution >= 0.6 is 0 Å². The monoisotopic (exact) mass is 259 g/mol. The van der Waals surface area contributed by atoms with Crippen molar-refractivity contribution in [2.75, 3.05) is 20.2 Å². The van der Waals surface area contributed by atoms with E-state index in [9.17, 15) is 9.59 Å². The van der Waals surface area contributed by atoms with E-state index in [1.807, 2.05) is 30.3 Å². The summed E-state index contributed by atoms with van der Waals surface area (Å²) >= 11 is 0. The smallest absolute Gasteiger partial charge is 0.311 e. The van der Waals surface area contributed by atoms with Crippen molar-refractivity contribution in [2.24, 2.45) is 5.92 Å². The van der Waals surface area contributed by atoms with E-state index >= 15 is 0 Å². The fraction of sp³-hybridized carbons (Fsp3) is 0.333. The van der Waals surface area contributed by atoms with E-state index in [2.05, 4.69) is 6.58 Å². The molecule has 4 heteroatoms. The van der Waals surface area contributed by atoms with E-state index in [0.29, 0.717) is 13.1 Å². The minimum atomic E-state index is -0.309. The van der Waals surface area contributed by atoms with Crippen molar-refractivity contribution in [3.05, 3.63) is 48.6 Å². The summed E-state index contributed by atoms with van der Waals surface area (Å²) in [4.78, 5) is 25.2. The van der Waals surface area contributed by atoms with Crippen molar-refractivity contribution in [1.82, 2.24) is 4.90 Å². The molecule has 2 atom stereocenters. The van der Waals surface area contributed by atoms with Crippen LogP contribution in [0.15, 0.2) is 43.0 Å². The fourth-order valence-corrected chi connectivity index (χ4v) is 2.54. The Morgan fingerprint density at radius 2 is 2.00 bits per heavy atom. The Labute approximate surface area is 112 Å². The highest BCUT2D eigenvalue weighted by Gasteiger charge is 2.40. The number of methoxy groups -OCH3 is 1. The first-order valence-electron chi connectivity index (χ1n) is 6.21. The molecule has 1 saturated heterocycles. The number of benzene rings is 1. The number of nitrogens with zero attached hydrogens (tertiary/aromatic N) is 1. The predicted molar refractivity (Wildman–Crippen MR) is 71.5 cm³/mol. The lowest BCUT2D eigenvalue weighted by atomic mass is 9.89. The van der Waals surface area contributed by atoms with Gasteiger partial charge in [-0.05, 0) is 11.6 Å². The molecule has 0 radical (unpaired) electrons. The molecular weight excluding hydrogens is 242 g/mol. The summed E-state index contributed by atoms with van der Waals surface area (Å²) in [6.45, 7) is 4.39. The summed E-state index contributed by atoms with van der Waals surface area (Å²) in [5.41, 5.74) is 1.05. The van der Waals surface area contributed by atoms with Crippen LogP contribution in [0.3, 0.4) is 0 Å². The summed E-state index contributed by atoms with van der Waals surface area (Å²) in [5.74, 6) is -0.741. The molecule has 0 unspecified atom stereocenters. The maximum Gasteiger partial charge on any atom is 0.311 e. The Morgan fingerprint density at radius 3 is 2.58 bits per heavy atom. The molecule has 1 aromatic carbocycles. The molecular formula is C15H17NO3. The van der Waals surface area contributed by atoms with Gasteiger partial charge in [-0.2, -0.15) is 0 Å². The standard InChI is InChI=1S/C15H17NO3/c1-3-14(17)16-9-12(11-7-5-4-6-8-11)13(10-16)15(18)19-2/h3-8,12-13H,1,9-10H2,2H3/t12-,13+/m0/s1. The molecule has 1 aliphatic rings. The number of ether oxygens (including phenoxy) is 1. The zero-order valence-electron chi connectivity index (χ0n) is 10.9. The van der Waals surface area contributed by atoms with Gasteiger partial charge in [-0.1, -0.05) is 36.9 Å².